The van der Waals surface area contributed by atoms with Gasteiger partial charge in [-0.15, -0.1) is 0 Å². The summed E-state index contributed by atoms with van der Waals surface area (Å²) in [4.78, 5) is 28.8. The number of ether oxygens (including phenoxy) is 2. The molecule has 1 saturated heterocycles. The second kappa shape index (κ2) is 10.5. The van der Waals surface area contributed by atoms with E-state index in [0.29, 0.717) is 23.7 Å². The monoisotopic (exact) mass is 498 g/mol. The molecule has 1 aliphatic heterocycles. The Morgan fingerprint density at radius 1 is 0.971 bits per heavy atom. The lowest BCUT2D eigenvalue weighted by molar-refractivity contribution is -0.137. The molecule has 0 radical (unpaired) electrons. The van der Waals surface area contributed by atoms with Crippen LogP contribution in [0.1, 0.15) is 40.1 Å². The third-order valence-electron chi connectivity index (χ3n) is 5.35. The molecule has 1 heterocycles. The maximum absolute atomic E-state index is 13.0. The first-order chi connectivity index (χ1) is 16.0. The second-order valence-corrected chi connectivity index (χ2v) is 8.76. The van der Waals surface area contributed by atoms with Crippen LogP contribution in [-0.4, -0.2) is 61.5 Å². The molecule has 0 atom stereocenters. The van der Waals surface area contributed by atoms with E-state index in [-0.39, 0.29) is 54.5 Å². The number of hydrogen-bond acceptors (Lipinski definition) is 4. The van der Waals surface area contributed by atoms with Gasteiger partial charge in [-0.25, -0.2) is 0 Å². The van der Waals surface area contributed by atoms with Crippen molar-refractivity contribution >= 4 is 23.4 Å². The van der Waals surface area contributed by atoms with Crippen LogP contribution in [0.3, 0.4) is 0 Å². The Kier molecular flexibility index (Phi) is 7.97. The lowest BCUT2D eigenvalue weighted by Crippen LogP contribution is -2.50. The Labute approximate surface area is 201 Å². The van der Waals surface area contributed by atoms with Crippen molar-refractivity contribution in [2.75, 3.05) is 39.9 Å². The number of carbonyl (C=O) groups is 2. The molecule has 0 saturated carbocycles. The predicted octanol–water partition coefficient (Wildman–Crippen LogP) is 5.00. The van der Waals surface area contributed by atoms with E-state index < -0.39 is 11.7 Å². The molecule has 34 heavy (non-hydrogen) atoms. The van der Waals surface area contributed by atoms with Crippen LogP contribution < -0.4 is 9.47 Å². The fourth-order valence-electron chi connectivity index (χ4n) is 3.51. The average Bonchev–Trinajstić information content (AvgIpc) is 2.81. The minimum Gasteiger partial charge on any atom is -0.493 e. The maximum Gasteiger partial charge on any atom is 0.416 e. The lowest BCUT2D eigenvalue weighted by Gasteiger charge is -2.35. The first-order valence-electron chi connectivity index (χ1n) is 10.8. The van der Waals surface area contributed by atoms with Gasteiger partial charge in [0.25, 0.3) is 11.8 Å². The van der Waals surface area contributed by atoms with Crippen molar-refractivity contribution in [3.63, 3.8) is 0 Å². The summed E-state index contributed by atoms with van der Waals surface area (Å²) in [6, 6.07) is 7.21. The normalized spacial score (nSPS) is 14.4. The molecule has 1 fully saturated rings. The zero-order valence-electron chi connectivity index (χ0n) is 19.1. The molecule has 2 aromatic carbocycles. The first kappa shape index (κ1) is 25.7. The van der Waals surface area contributed by atoms with E-state index >= 15 is 0 Å². The first-order valence-corrected chi connectivity index (χ1v) is 11.1. The Balaban J connectivity index is 1.65. The third kappa shape index (κ3) is 5.94. The smallest absolute Gasteiger partial charge is 0.416 e. The summed E-state index contributed by atoms with van der Waals surface area (Å²) >= 11 is 6.35. The molecule has 10 heteroatoms. The minimum absolute atomic E-state index is 0.168. The van der Waals surface area contributed by atoms with E-state index in [1.807, 2.05) is 13.8 Å². The molecule has 2 aromatic rings. The van der Waals surface area contributed by atoms with Gasteiger partial charge in [0.1, 0.15) is 0 Å². The van der Waals surface area contributed by atoms with E-state index in [1.165, 1.54) is 30.2 Å². The number of rotatable bonds is 6. The van der Waals surface area contributed by atoms with E-state index in [1.54, 1.807) is 11.0 Å². The van der Waals surface area contributed by atoms with Crippen LogP contribution in [0.2, 0.25) is 5.02 Å². The quantitative estimate of drug-likeness (QED) is 0.562. The highest BCUT2D eigenvalue weighted by atomic mass is 35.5. The number of alkyl halides is 3. The van der Waals surface area contributed by atoms with Gasteiger partial charge < -0.3 is 19.3 Å². The van der Waals surface area contributed by atoms with Gasteiger partial charge in [-0.05, 0) is 42.3 Å². The fourth-order valence-corrected chi connectivity index (χ4v) is 3.78. The van der Waals surface area contributed by atoms with Crippen molar-refractivity contribution < 1.29 is 32.2 Å². The van der Waals surface area contributed by atoms with Crippen LogP contribution in [0.25, 0.3) is 0 Å². The van der Waals surface area contributed by atoms with Crippen molar-refractivity contribution in [3.05, 3.63) is 58.1 Å². The number of hydrogen-bond donors (Lipinski definition) is 0. The van der Waals surface area contributed by atoms with Crippen molar-refractivity contribution in [2.45, 2.75) is 20.0 Å². The summed E-state index contributed by atoms with van der Waals surface area (Å²) < 4.78 is 49.3. The summed E-state index contributed by atoms with van der Waals surface area (Å²) in [5.41, 5.74) is -0.309. The summed E-state index contributed by atoms with van der Waals surface area (Å²) in [7, 11) is 1.47. The molecule has 6 nitrogen and oxygen atoms in total. The Hall–Kier alpha value is -2.94. The third-order valence-corrected chi connectivity index (χ3v) is 5.63. The number of amides is 2. The summed E-state index contributed by atoms with van der Waals surface area (Å²) in [5.74, 6) is 0.368. The molecule has 3 rings (SSSR count). The second-order valence-electron chi connectivity index (χ2n) is 8.35. The van der Waals surface area contributed by atoms with E-state index in [9.17, 15) is 22.8 Å². The number of piperazine rings is 1. The number of benzene rings is 2. The van der Waals surface area contributed by atoms with Crippen molar-refractivity contribution in [1.29, 1.82) is 0 Å². The van der Waals surface area contributed by atoms with Crippen molar-refractivity contribution in [2.24, 2.45) is 5.92 Å². The summed E-state index contributed by atoms with van der Waals surface area (Å²) in [6.07, 6.45) is -4.46. The lowest BCUT2D eigenvalue weighted by atomic mass is 10.1. The van der Waals surface area contributed by atoms with Crippen LogP contribution in [-0.2, 0) is 6.18 Å². The van der Waals surface area contributed by atoms with Gasteiger partial charge in [-0.3, -0.25) is 9.59 Å². The molecular formula is C24H26ClF3N2O4. The molecule has 184 valence electrons. The highest BCUT2D eigenvalue weighted by molar-refractivity contribution is 6.32. The topological polar surface area (TPSA) is 59.1 Å². The van der Waals surface area contributed by atoms with E-state index in [0.717, 1.165) is 12.1 Å². The number of halogens is 4. The molecule has 0 N–H and O–H groups in total. The molecule has 0 spiro atoms. The van der Waals surface area contributed by atoms with Gasteiger partial charge in [0.2, 0.25) is 0 Å². The number of methoxy groups -OCH3 is 1. The van der Waals surface area contributed by atoms with Gasteiger partial charge in [0.05, 0.1) is 24.3 Å². The average molecular weight is 499 g/mol. The largest absolute Gasteiger partial charge is 0.493 e. The van der Waals surface area contributed by atoms with Gasteiger partial charge >= 0.3 is 6.18 Å². The summed E-state index contributed by atoms with van der Waals surface area (Å²) in [5, 5.41) is 0.263. The SMILES string of the molecule is COc1cc(C(=O)N2CCN(C(=O)c3ccc(C(F)(F)F)cc3)CC2)cc(Cl)c1OCC(C)C. The minimum atomic E-state index is -4.46. The zero-order valence-corrected chi connectivity index (χ0v) is 19.9. The van der Waals surface area contributed by atoms with Crippen molar-refractivity contribution in [1.82, 2.24) is 9.80 Å². The van der Waals surface area contributed by atoms with Crippen LogP contribution >= 0.6 is 11.6 Å². The van der Waals surface area contributed by atoms with Gasteiger partial charge in [0, 0.05) is 37.3 Å². The molecular weight excluding hydrogens is 473 g/mol. The molecule has 1 aliphatic rings. The predicted molar refractivity (Wildman–Crippen MR) is 122 cm³/mol. The Morgan fingerprint density at radius 3 is 1.97 bits per heavy atom. The molecule has 2 amide bonds. The summed E-state index contributed by atoms with van der Waals surface area (Å²) in [6.45, 7) is 5.50. The van der Waals surface area contributed by atoms with Crippen LogP contribution in [0.15, 0.2) is 36.4 Å². The highest BCUT2D eigenvalue weighted by Crippen LogP contribution is 2.37. The number of carbonyl (C=O) groups excluding carboxylic acids is 2. The van der Waals surface area contributed by atoms with Crippen LogP contribution in [0.5, 0.6) is 11.5 Å². The Morgan fingerprint density at radius 2 is 1.50 bits per heavy atom. The van der Waals surface area contributed by atoms with Crippen LogP contribution in [0, 0.1) is 5.92 Å². The molecule has 0 aliphatic carbocycles. The van der Waals surface area contributed by atoms with Gasteiger partial charge in [-0.2, -0.15) is 13.2 Å². The molecule has 0 bridgehead atoms. The van der Waals surface area contributed by atoms with Gasteiger partial charge in [-0.1, -0.05) is 25.4 Å². The zero-order chi connectivity index (χ0) is 25.0. The van der Waals surface area contributed by atoms with Gasteiger partial charge in [0.15, 0.2) is 11.5 Å². The van der Waals surface area contributed by atoms with Crippen LogP contribution in [0.4, 0.5) is 13.2 Å². The highest BCUT2D eigenvalue weighted by Gasteiger charge is 2.31. The fraction of sp³-hybridized carbons (Fsp3) is 0.417. The maximum atomic E-state index is 13.0. The molecule has 0 aromatic heterocycles. The standard InChI is InChI=1S/C24H26ClF3N2O4/c1-15(2)14-34-21-19(25)12-17(13-20(21)33-3)23(32)30-10-8-29(9-11-30)22(31)16-4-6-18(7-5-16)24(26,27)28/h4-7,12-13,15H,8-11,14H2,1-3H3. The van der Waals surface area contributed by atoms with E-state index in [4.69, 9.17) is 21.1 Å². The number of nitrogens with zero attached hydrogens (tertiary/aromatic N) is 2. The van der Waals surface area contributed by atoms with Crippen molar-refractivity contribution in [3.8, 4) is 11.5 Å². The molecule has 0 unspecified atom stereocenters. The van der Waals surface area contributed by atoms with E-state index in [2.05, 4.69) is 0 Å². The Bertz CT molecular complexity index is 1030.